The molecule has 4 aromatic rings. The molecule has 0 aliphatic heterocycles. The zero-order valence-corrected chi connectivity index (χ0v) is 21.8. The summed E-state index contributed by atoms with van der Waals surface area (Å²) in [6.45, 7) is 0.726. The van der Waals surface area contributed by atoms with Gasteiger partial charge >= 0.3 is 0 Å². The Morgan fingerprint density at radius 1 is 0.889 bits per heavy atom. The van der Waals surface area contributed by atoms with Gasteiger partial charge in [-0.05, 0) is 66.1 Å². The van der Waals surface area contributed by atoms with Crippen molar-refractivity contribution in [2.45, 2.75) is 55.9 Å². The molecule has 5 rings (SSSR count). The third kappa shape index (κ3) is 5.86. The van der Waals surface area contributed by atoms with Crippen molar-refractivity contribution in [3.05, 3.63) is 100 Å². The Labute approximate surface area is 217 Å². The summed E-state index contributed by atoms with van der Waals surface area (Å²) in [7, 11) is -3.69. The highest BCUT2D eigenvalue weighted by Crippen LogP contribution is 2.33. The molecule has 0 radical (unpaired) electrons. The lowest BCUT2D eigenvalue weighted by atomic mass is 9.84. The van der Waals surface area contributed by atoms with Gasteiger partial charge in [0.2, 0.25) is 10.0 Å². The fraction of sp³-hybridized carbons (Fsp3) is 0.276. The van der Waals surface area contributed by atoms with E-state index in [1.165, 1.54) is 43.2 Å². The molecule has 0 atom stereocenters. The van der Waals surface area contributed by atoms with Crippen LogP contribution in [-0.4, -0.2) is 13.0 Å². The minimum Gasteiger partial charge on any atom is -0.316 e. The van der Waals surface area contributed by atoms with Crippen molar-refractivity contribution in [2.24, 2.45) is 10.1 Å². The number of aryl methyl sites for hydroxylation is 1. The number of nitrogens with two attached hydrogens (primary N) is 1. The van der Waals surface area contributed by atoms with Gasteiger partial charge in [0.15, 0.2) is 4.80 Å². The van der Waals surface area contributed by atoms with Gasteiger partial charge < -0.3 is 4.57 Å². The Morgan fingerprint density at radius 3 is 2.25 bits per heavy atom. The molecule has 1 fully saturated rings. The Hall–Kier alpha value is -3.00. The van der Waals surface area contributed by atoms with Crippen molar-refractivity contribution < 1.29 is 8.42 Å². The highest BCUT2D eigenvalue weighted by atomic mass is 32.2. The lowest BCUT2D eigenvalue weighted by Gasteiger charge is -2.22. The number of rotatable bonds is 7. The van der Waals surface area contributed by atoms with Crippen molar-refractivity contribution in [3.63, 3.8) is 0 Å². The van der Waals surface area contributed by atoms with Crippen LogP contribution in [0.1, 0.15) is 49.1 Å². The second kappa shape index (κ2) is 10.9. The maximum Gasteiger partial charge on any atom is 0.238 e. The van der Waals surface area contributed by atoms with Crippen LogP contribution in [0.4, 0.5) is 5.69 Å². The van der Waals surface area contributed by atoms with Gasteiger partial charge in [-0.3, -0.25) is 0 Å². The van der Waals surface area contributed by atoms with Crippen molar-refractivity contribution in [1.29, 1.82) is 0 Å². The fourth-order valence-electron chi connectivity index (χ4n) is 4.93. The molecule has 1 heterocycles. The summed E-state index contributed by atoms with van der Waals surface area (Å²) in [5, 5.41) is 7.43. The summed E-state index contributed by atoms with van der Waals surface area (Å²) in [4.78, 5) is 5.99. The Bertz CT molecular complexity index is 1460. The third-order valence-electron chi connectivity index (χ3n) is 6.94. The lowest BCUT2D eigenvalue weighted by Crippen LogP contribution is -2.17. The number of nitrogens with zero attached hydrogens (tertiary/aromatic N) is 2. The SMILES string of the molecule is NS(=O)(=O)c1ccc(CCn2c(-c3ccc(C4CCCCC4)cc3)csc2=Nc2ccccc2)cc1. The van der Waals surface area contributed by atoms with Gasteiger partial charge in [-0.1, -0.05) is 73.9 Å². The average molecular weight is 518 g/mol. The van der Waals surface area contributed by atoms with Crippen molar-refractivity contribution in [3.8, 4) is 11.3 Å². The molecule has 0 spiro atoms. The Kier molecular flexibility index (Phi) is 7.51. The van der Waals surface area contributed by atoms with Gasteiger partial charge in [-0.25, -0.2) is 18.5 Å². The number of sulfonamides is 1. The van der Waals surface area contributed by atoms with Gasteiger partial charge in [0.25, 0.3) is 0 Å². The normalized spacial score (nSPS) is 15.3. The van der Waals surface area contributed by atoms with Crippen LogP contribution in [0, 0.1) is 0 Å². The van der Waals surface area contributed by atoms with Crippen LogP contribution in [-0.2, 0) is 23.0 Å². The third-order valence-corrected chi connectivity index (χ3v) is 8.73. The summed E-state index contributed by atoms with van der Waals surface area (Å²) in [5.41, 5.74) is 5.75. The molecule has 186 valence electrons. The zero-order valence-electron chi connectivity index (χ0n) is 20.2. The summed E-state index contributed by atoms with van der Waals surface area (Å²) in [5.74, 6) is 0.686. The molecule has 0 saturated heterocycles. The van der Waals surface area contributed by atoms with Crippen LogP contribution in [0.3, 0.4) is 0 Å². The van der Waals surface area contributed by atoms with Crippen molar-refractivity contribution in [1.82, 2.24) is 4.57 Å². The van der Waals surface area contributed by atoms with Crippen LogP contribution in [0.15, 0.2) is 94.1 Å². The molecule has 5 nitrogen and oxygen atoms in total. The molecule has 3 aromatic carbocycles. The Morgan fingerprint density at radius 2 is 1.58 bits per heavy atom. The second-order valence-corrected chi connectivity index (χ2v) is 11.8. The van der Waals surface area contributed by atoms with Crippen LogP contribution in [0.25, 0.3) is 11.3 Å². The molecular weight excluding hydrogens is 486 g/mol. The van der Waals surface area contributed by atoms with E-state index >= 15 is 0 Å². The van der Waals surface area contributed by atoms with E-state index in [1.807, 2.05) is 42.5 Å². The predicted molar refractivity (Wildman–Crippen MR) is 147 cm³/mol. The van der Waals surface area contributed by atoms with E-state index in [-0.39, 0.29) is 4.90 Å². The smallest absolute Gasteiger partial charge is 0.238 e. The fourth-order valence-corrected chi connectivity index (χ4v) is 6.40. The second-order valence-electron chi connectivity index (χ2n) is 9.40. The summed E-state index contributed by atoms with van der Waals surface area (Å²) in [6.07, 6.45) is 7.36. The highest BCUT2D eigenvalue weighted by Gasteiger charge is 2.16. The number of hydrogen-bond acceptors (Lipinski definition) is 4. The monoisotopic (exact) mass is 517 g/mol. The van der Waals surface area contributed by atoms with Crippen molar-refractivity contribution >= 4 is 27.0 Å². The van der Waals surface area contributed by atoms with E-state index in [0.29, 0.717) is 5.92 Å². The minimum atomic E-state index is -3.69. The molecule has 0 unspecified atom stereocenters. The number of benzene rings is 3. The predicted octanol–water partition coefficient (Wildman–Crippen LogP) is 6.39. The van der Waals surface area contributed by atoms with Crippen molar-refractivity contribution in [2.75, 3.05) is 0 Å². The molecule has 1 aromatic heterocycles. The molecule has 0 amide bonds. The minimum absolute atomic E-state index is 0.132. The van der Waals surface area contributed by atoms with Gasteiger partial charge in [0.1, 0.15) is 0 Å². The van der Waals surface area contributed by atoms with Gasteiger partial charge in [-0.15, -0.1) is 11.3 Å². The maximum absolute atomic E-state index is 11.6. The first-order valence-electron chi connectivity index (χ1n) is 12.5. The number of aromatic nitrogens is 1. The molecule has 36 heavy (non-hydrogen) atoms. The lowest BCUT2D eigenvalue weighted by molar-refractivity contribution is 0.443. The maximum atomic E-state index is 11.6. The average Bonchev–Trinajstić information content (AvgIpc) is 3.30. The van der Waals surface area contributed by atoms with E-state index in [2.05, 4.69) is 34.2 Å². The number of hydrogen-bond donors (Lipinski definition) is 1. The molecule has 1 aliphatic carbocycles. The molecule has 1 saturated carbocycles. The zero-order chi connectivity index (χ0) is 25.0. The van der Waals surface area contributed by atoms with Gasteiger partial charge in [0.05, 0.1) is 16.3 Å². The van der Waals surface area contributed by atoms with E-state index in [9.17, 15) is 8.42 Å². The quantitative estimate of drug-likeness (QED) is 0.308. The summed E-state index contributed by atoms with van der Waals surface area (Å²) >= 11 is 1.64. The highest BCUT2D eigenvalue weighted by molar-refractivity contribution is 7.89. The topological polar surface area (TPSA) is 77.5 Å². The first kappa shape index (κ1) is 24.7. The number of thiazole rings is 1. The van der Waals surface area contributed by atoms with Gasteiger partial charge in [-0.2, -0.15) is 0 Å². The Balaban J connectivity index is 1.45. The van der Waals surface area contributed by atoms with Crippen LogP contribution >= 0.6 is 11.3 Å². The van der Waals surface area contributed by atoms with Crippen LogP contribution in [0.5, 0.6) is 0 Å². The molecule has 7 heteroatoms. The first-order valence-corrected chi connectivity index (χ1v) is 14.9. The number of primary sulfonamides is 1. The van der Waals surface area contributed by atoms with E-state index in [1.54, 1.807) is 23.5 Å². The largest absolute Gasteiger partial charge is 0.316 e. The molecular formula is C29H31N3O2S2. The van der Waals surface area contributed by atoms with Gasteiger partial charge in [0, 0.05) is 11.9 Å². The van der Waals surface area contributed by atoms with E-state index in [4.69, 9.17) is 10.1 Å². The summed E-state index contributed by atoms with van der Waals surface area (Å²) in [6, 6.07) is 25.9. The number of para-hydroxylation sites is 1. The standard InChI is InChI=1S/C29H31N3O2S2/c30-36(33,34)27-17-11-22(12-18-27)19-20-32-28(21-35-29(32)31-26-9-5-2-6-10-26)25-15-13-24(14-16-25)23-7-3-1-4-8-23/h2,5-6,9-18,21,23H,1,3-4,7-8,19-20H2,(H2,30,33,34). The van der Waals surface area contributed by atoms with Crippen LogP contribution < -0.4 is 9.94 Å². The first-order chi connectivity index (χ1) is 17.5. The van der Waals surface area contributed by atoms with E-state index < -0.39 is 10.0 Å². The van der Waals surface area contributed by atoms with E-state index in [0.717, 1.165) is 34.7 Å². The molecule has 2 N–H and O–H groups in total. The summed E-state index contributed by atoms with van der Waals surface area (Å²) < 4.78 is 25.5. The molecule has 1 aliphatic rings. The van der Waals surface area contributed by atoms with Crippen LogP contribution in [0.2, 0.25) is 0 Å². The molecule has 0 bridgehead atoms.